The molecule has 0 saturated carbocycles. The van der Waals surface area contributed by atoms with Gasteiger partial charge in [0, 0.05) is 5.56 Å². The molecule has 1 heterocycles. The van der Waals surface area contributed by atoms with E-state index in [1.54, 1.807) is 6.92 Å². The summed E-state index contributed by atoms with van der Waals surface area (Å²) in [7, 11) is 0. The second-order valence-corrected chi connectivity index (χ2v) is 4.60. The van der Waals surface area contributed by atoms with E-state index < -0.39 is 12.1 Å². The summed E-state index contributed by atoms with van der Waals surface area (Å²) in [5, 5.41) is 0.537. The van der Waals surface area contributed by atoms with Gasteiger partial charge < -0.3 is 4.74 Å². The summed E-state index contributed by atoms with van der Waals surface area (Å²) >= 11 is 23.6. The molecule has 1 aliphatic heterocycles. The quantitative estimate of drug-likeness (QED) is 0.398. The summed E-state index contributed by atoms with van der Waals surface area (Å²) in [6.45, 7) is 1.69. The lowest BCUT2D eigenvalue weighted by molar-refractivity contribution is 0.0422. The van der Waals surface area contributed by atoms with Gasteiger partial charge in [-0.3, -0.25) is 0 Å². The van der Waals surface area contributed by atoms with E-state index in [4.69, 9.17) is 51.1 Å². The van der Waals surface area contributed by atoms with Gasteiger partial charge in [-0.05, 0) is 6.92 Å². The number of rotatable bonds is 0. The molecule has 0 amide bonds. The van der Waals surface area contributed by atoms with Gasteiger partial charge >= 0.3 is 5.97 Å². The van der Waals surface area contributed by atoms with Crippen LogP contribution in [0.4, 0.5) is 0 Å². The fourth-order valence-electron chi connectivity index (χ4n) is 1.51. The molecule has 0 saturated heterocycles. The summed E-state index contributed by atoms with van der Waals surface area (Å²) < 4.78 is 4.98. The van der Waals surface area contributed by atoms with Crippen LogP contribution in [0.1, 0.15) is 28.9 Å². The third kappa shape index (κ3) is 1.51. The zero-order chi connectivity index (χ0) is 11.3. The molecule has 1 aliphatic rings. The summed E-state index contributed by atoms with van der Waals surface area (Å²) in [6.07, 6.45) is -0.452. The Morgan fingerprint density at radius 2 is 1.53 bits per heavy atom. The number of hydrogen-bond donors (Lipinski definition) is 0. The molecule has 80 valence electrons. The molecule has 0 aliphatic carbocycles. The third-order valence-electron chi connectivity index (χ3n) is 2.20. The Hall–Kier alpha value is -0.150. The summed E-state index contributed by atoms with van der Waals surface area (Å²) in [5.41, 5.74) is 0.713. The molecule has 2 nitrogen and oxygen atoms in total. The first-order valence-corrected chi connectivity index (χ1v) is 5.53. The Balaban J connectivity index is 2.86. The number of hydrogen-bond acceptors (Lipinski definition) is 2. The first kappa shape index (κ1) is 11.3. The maximum absolute atomic E-state index is 11.4. The first-order chi connectivity index (χ1) is 6.95. The SMILES string of the molecule is CC1OC(=O)c2c(Cl)c(Cl)c(Cl)c(Cl)c21. The maximum atomic E-state index is 11.4. The molecule has 0 bridgehead atoms. The lowest BCUT2D eigenvalue weighted by Crippen LogP contribution is -1.96. The van der Waals surface area contributed by atoms with Crippen molar-refractivity contribution >= 4 is 52.4 Å². The van der Waals surface area contributed by atoms with Gasteiger partial charge in [-0.25, -0.2) is 4.79 Å². The summed E-state index contributed by atoms with van der Waals surface area (Å²) in [6, 6.07) is 0. The van der Waals surface area contributed by atoms with E-state index in [1.165, 1.54) is 0 Å². The monoisotopic (exact) mass is 284 g/mol. The Morgan fingerprint density at radius 1 is 1.00 bits per heavy atom. The van der Waals surface area contributed by atoms with Crippen molar-refractivity contribution in [3.63, 3.8) is 0 Å². The van der Waals surface area contributed by atoms with Gasteiger partial charge in [0.25, 0.3) is 0 Å². The van der Waals surface area contributed by atoms with Gasteiger partial charge in [0.05, 0.1) is 25.7 Å². The molecule has 0 N–H and O–H groups in total. The molecule has 1 unspecified atom stereocenters. The minimum Gasteiger partial charge on any atom is -0.454 e. The standard InChI is InChI=1S/C9H4Cl4O2/c1-2-3-4(9(14)15-2)6(11)8(13)7(12)5(3)10/h2H,1H3. The molecule has 1 atom stereocenters. The molecular weight excluding hydrogens is 282 g/mol. The Morgan fingerprint density at radius 3 is 2.13 bits per heavy atom. The van der Waals surface area contributed by atoms with Crippen molar-refractivity contribution in [3.8, 4) is 0 Å². The average molecular weight is 286 g/mol. The average Bonchev–Trinajstić information content (AvgIpc) is 2.47. The van der Waals surface area contributed by atoms with Crippen LogP contribution >= 0.6 is 46.4 Å². The molecule has 0 fully saturated rings. The Labute approximate surface area is 106 Å². The van der Waals surface area contributed by atoms with Crippen LogP contribution < -0.4 is 0 Å². The van der Waals surface area contributed by atoms with E-state index in [9.17, 15) is 4.79 Å². The minimum atomic E-state index is -0.525. The number of benzene rings is 1. The highest BCUT2D eigenvalue weighted by atomic mass is 35.5. The van der Waals surface area contributed by atoms with Crippen LogP contribution in [-0.2, 0) is 4.74 Å². The zero-order valence-electron chi connectivity index (χ0n) is 7.41. The molecule has 15 heavy (non-hydrogen) atoms. The fourth-order valence-corrected chi connectivity index (χ4v) is 2.61. The highest BCUT2D eigenvalue weighted by Gasteiger charge is 2.35. The van der Waals surface area contributed by atoms with Crippen molar-refractivity contribution in [2.45, 2.75) is 13.0 Å². The normalized spacial score (nSPS) is 19.0. The van der Waals surface area contributed by atoms with E-state index in [0.29, 0.717) is 5.56 Å². The molecule has 0 spiro atoms. The van der Waals surface area contributed by atoms with Gasteiger partial charge in [0.15, 0.2) is 0 Å². The van der Waals surface area contributed by atoms with Gasteiger partial charge in [0.1, 0.15) is 6.10 Å². The van der Waals surface area contributed by atoms with Crippen LogP contribution in [0, 0.1) is 0 Å². The van der Waals surface area contributed by atoms with Crippen molar-refractivity contribution in [1.29, 1.82) is 0 Å². The van der Waals surface area contributed by atoms with E-state index in [1.807, 2.05) is 0 Å². The lowest BCUT2D eigenvalue weighted by atomic mass is 10.1. The summed E-state index contributed by atoms with van der Waals surface area (Å²) in [5.74, 6) is -0.525. The van der Waals surface area contributed by atoms with Gasteiger partial charge in [-0.1, -0.05) is 46.4 Å². The van der Waals surface area contributed by atoms with Crippen LogP contribution in [-0.4, -0.2) is 5.97 Å². The number of carbonyl (C=O) groups is 1. The number of cyclic esters (lactones) is 1. The van der Waals surface area contributed by atoms with Crippen molar-refractivity contribution in [1.82, 2.24) is 0 Å². The van der Waals surface area contributed by atoms with Crippen LogP contribution in [0.3, 0.4) is 0 Å². The molecule has 1 aromatic rings. The maximum Gasteiger partial charge on any atom is 0.340 e. The third-order valence-corrected chi connectivity index (χ3v) is 4.01. The second kappa shape index (κ2) is 3.70. The number of carbonyl (C=O) groups excluding carboxylic acids is 1. The van der Waals surface area contributed by atoms with Crippen molar-refractivity contribution < 1.29 is 9.53 Å². The Bertz CT molecular complexity index is 470. The molecular formula is C9H4Cl4O2. The van der Waals surface area contributed by atoms with Crippen LogP contribution in [0.15, 0.2) is 0 Å². The predicted octanol–water partition coefficient (Wildman–Crippen LogP) is 4.53. The fraction of sp³-hybridized carbons (Fsp3) is 0.222. The van der Waals surface area contributed by atoms with Crippen molar-refractivity contribution in [3.05, 3.63) is 31.2 Å². The van der Waals surface area contributed by atoms with Crippen LogP contribution in [0.25, 0.3) is 0 Å². The van der Waals surface area contributed by atoms with E-state index in [-0.39, 0.29) is 25.7 Å². The highest BCUT2D eigenvalue weighted by molar-refractivity contribution is 6.53. The van der Waals surface area contributed by atoms with E-state index >= 15 is 0 Å². The van der Waals surface area contributed by atoms with Crippen LogP contribution in [0.2, 0.25) is 20.1 Å². The zero-order valence-corrected chi connectivity index (χ0v) is 10.4. The van der Waals surface area contributed by atoms with Crippen molar-refractivity contribution in [2.24, 2.45) is 0 Å². The molecule has 6 heteroatoms. The predicted molar refractivity (Wildman–Crippen MR) is 60.3 cm³/mol. The molecule has 0 aromatic heterocycles. The van der Waals surface area contributed by atoms with Crippen LogP contribution in [0.5, 0.6) is 0 Å². The number of esters is 1. The summed E-state index contributed by atoms with van der Waals surface area (Å²) in [4.78, 5) is 11.4. The molecule has 0 radical (unpaired) electrons. The molecule has 2 rings (SSSR count). The second-order valence-electron chi connectivity index (χ2n) is 3.09. The number of halogens is 4. The topological polar surface area (TPSA) is 26.3 Å². The minimum absolute atomic E-state index is 0.0770. The van der Waals surface area contributed by atoms with E-state index in [2.05, 4.69) is 0 Å². The lowest BCUT2D eigenvalue weighted by Gasteiger charge is -2.08. The first-order valence-electron chi connectivity index (χ1n) is 4.02. The highest BCUT2D eigenvalue weighted by Crippen LogP contribution is 2.47. The van der Waals surface area contributed by atoms with Gasteiger partial charge in [-0.15, -0.1) is 0 Å². The number of ether oxygens (including phenoxy) is 1. The van der Waals surface area contributed by atoms with Crippen molar-refractivity contribution in [2.75, 3.05) is 0 Å². The molecule has 1 aromatic carbocycles. The number of fused-ring (bicyclic) bond motifs is 1. The van der Waals surface area contributed by atoms with Gasteiger partial charge in [-0.2, -0.15) is 0 Å². The van der Waals surface area contributed by atoms with Gasteiger partial charge in [0.2, 0.25) is 0 Å². The largest absolute Gasteiger partial charge is 0.454 e. The van der Waals surface area contributed by atoms with E-state index in [0.717, 1.165) is 0 Å². The smallest absolute Gasteiger partial charge is 0.340 e. The Kier molecular flexibility index (Phi) is 2.80.